The zero-order chi connectivity index (χ0) is 15.5. The summed E-state index contributed by atoms with van der Waals surface area (Å²) in [4.78, 5) is 11.5. The SMILES string of the molecule is COCCNCC(=O)NCc1cccc(OCC(F)F)c1.Cl. The molecule has 0 atom stereocenters. The van der Waals surface area contributed by atoms with Crippen molar-refractivity contribution in [3.05, 3.63) is 29.8 Å². The number of ether oxygens (including phenoxy) is 2. The normalized spacial score (nSPS) is 10.2. The number of alkyl halides is 2. The van der Waals surface area contributed by atoms with E-state index < -0.39 is 13.0 Å². The van der Waals surface area contributed by atoms with Crippen molar-refractivity contribution in [2.24, 2.45) is 0 Å². The first kappa shape index (κ1) is 20.6. The monoisotopic (exact) mass is 338 g/mol. The maximum atomic E-state index is 12.1. The van der Waals surface area contributed by atoms with Crippen molar-refractivity contribution in [3.63, 3.8) is 0 Å². The van der Waals surface area contributed by atoms with E-state index in [9.17, 15) is 13.6 Å². The van der Waals surface area contributed by atoms with E-state index in [0.717, 1.165) is 5.56 Å². The highest BCUT2D eigenvalue weighted by Crippen LogP contribution is 2.14. The summed E-state index contributed by atoms with van der Waals surface area (Å²) in [5.41, 5.74) is 0.784. The molecule has 1 aromatic rings. The van der Waals surface area contributed by atoms with Crippen LogP contribution in [0.2, 0.25) is 0 Å². The highest BCUT2D eigenvalue weighted by molar-refractivity contribution is 5.85. The number of carbonyl (C=O) groups is 1. The quantitative estimate of drug-likeness (QED) is 0.636. The predicted octanol–water partition coefficient (Wildman–Crippen LogP) is 1.60. The Kier molecular flexibility index (Phi) is 11.3. The van der Waals surface area contributed by atoms with Gasteiger partial charge in [0.2, 0.25) is 5.91 Å². The van der Waals surface area contributed by atoms with E-state index in [0.29, 0.717) is 25.4 Å². The van der Waals surface area contributed by atoms with Gasteiger partial charge >= 0.3 is 0 Å². The minimum Gasteiger partial charge on any atom is -0.488 e. The lowest BCUT2D eigenvalue weighted by Crippen LogP contribution is -2.34. The largest absolute Gasteiger partial charge is 0.488 e. The second-order valence-corrected chi connectivity index (χ2v) is 4.30. The lowest BCUT2D eigenvalue weighted by molar-refractivity contribution is -0.120. The van der Waals surface area contributed by atoms with Gasteiger partial charge in [-0.05, 0) is 17.7 Å². The fourth-order valence-corrected chi connectivity index (χ4v) is 1.54. The summed E-state index contributed by atoms with van der Waals surface area (Å²) in [5.74, 6) is 0.213. The number of nitrogens with one attached hydrogen (secondary N) is 2. The van der Waals surface area contributed by atoms with Crippen LogP contribution in [0.5, 0.6) is 5.75 Å². The van der Waals surface area contributed by atoms with E-state index in [1.54, 1.807) is 31.4 Å². The van der Waals surface area contributed by atoms with Gasteiger partial charge in [-0.1, -0.05) is 12.1 Å². The Bertz CT molecular complexity index is 436. The summed E-state index contributed by atoms with van der Waals surface area (Å²) in [5, 5.41) is 5.64. The fraction of sp³-hybridized carbons (Fsp3) is 0.500. The highest BCUT2D eigenvalue weighted by Gasteiger charge is 2.05. The van der Waals surface area contributed by atoms with E-state index in [2.05, 4.69) is 10.6 Å². The molecule has 1 amide bonds. The van der Waals surface area contributed by atoms with Crippen LogP contribution in [0.3, 0.4) is 0 Å². The Morgan fingerprint density at radius 1 is 1.36 bits per heavy atom. The van der Waals surface area contributed by atoms with Gasteiger partial charge in [-0.15, -0.1) is 12.4 Å². The van der Waals surface area contributed by atoms with Crippen molar-refractivity contribution in [1.82, 2.24) is 10.6 Å². The van der Waals surface area contributed by atoms with Gasteiger partial charge in [0.05, 0.1) is 13.2 Å². The van der Waals surface area contributed by atoms with E-state index >= 15 is 0 Å². The molecule has 0 unspecified atom stereocenters. The summed E-state index contributed by atoms with van der Waals surface area (Å²) in [7, 11) is 1.59. The molecule has 0 aliphatic heterocycles. The molecule has 0 bridgehead atoms. The summed E-state index contributed by atoms with van der Waals surface area (Å²) in [6.45, 7) is 1.01. The van der Waals surface area contributed by atoms with Crippen LogP contribution in [0.4, 0.5) is 8.78 Å². The molecule has 5 nitrogen and oxygen atoms in total. The Hall–Kier alpha value is -1.44. The summed E-state index contributed by atoms with van der Waals surface area (Å²) >= 11 is 0. The van der Waals surface area contributed by atoms with E-state index in [1.807, 2.05) is 0 Å². The average Bonchev–Trinajstić information content (AvgIpc) is 2.48. The second-order valence-electron chi connectivity index (χ2n) is 4.30. The molecule has 1 rings (SSSR count). The van der Waals surface area contributed by atoms with Gasteiger partial charge < -0.3 is 20.1 Å². The molecule has 0 fully saturated rings. The molecule has 0 aliphatic carbocycles. The number of benzene rings is 1. The van der Waals surface area contributed by atoms with Crippen LogP contribution in [0.25, 0.3) is 0 Å². The van der Waals surface area contributed by atoms with Gasteiger partial charge in [-0.3, -0.25) is 4.79 Å². The third-order valence-corrected chi connectivity index (χ3v) is 2.53. The first-order chi connectivity index (χ1) is 10.1. The smallest absolute Gasteiger partial charge is 0.272 e. The molecule has 0 radical (unpaired) electrons. The van der Waals surface area contributed by atoms with Gasteiger partial charge in [-0.25, -0.2) is 8.78 Å². The van der Waals surface area contributed by atoms with Crippen molar-refractivity contribution in [2.75, 3.05) is 33.4 Å². The molecule has 22 heavy (non-hydrogen) atoms. The molecule has 0 saturated heterocycles. The maximum absolute atomic E-state index is 12.1. The van der Waals surface area contributed by atoms with Crippen LogP contribution >= 0.6 is 12.4 Å². The third-order valence-electron chi connectivity index (χ3n) is 2.53. The molecule has 0 saturated carbocycles. The summed E-state index contributed by atoms with van der Waals surface area (Å²) in [6, 6.07) is 6.70. The second kappa shape index (κ2) is 12.1. The average molecular weight is 339 g/mol. The lowest BCUT2D eigenvalue weighted by Gasteiger charge is -2.09. The van der Waals surface area contributed by atoms with Gasteiger partial charge in [0.1, 0.15) is 12.4 Å². The van der Waals surface area contributed by atoms with Gasteiger partial charge in [-0.2, -0.15) is 0 Å². The third kappa shape index (κ3) is 9.49. The number of amides is 1. The molecule has 8 heteroatoms. The van der Waals surface area contributed by atoms with Crippen molar-refractivity contribution in [3.8, 4) is 5.75 Å². The molecule has 2 N–H and O–H groups in total. The number of rotatable bonds is 10. The van der Waals surface area contributed by atoms with Crippen molar-refractivity contribution >= 4 is 18.3 Å². The zero-order valence-electron chi connectivity index (χ0n) is 12.3. The molecule has 126 valence electrons. The predicted molar refractivity (Wildman–Crippen MR) is 81.8 cm³/mol. The van der Waals surface area contributed by atoms with Crippen LogP contribution in [0, 0.1) is 0 Å². The number of carbonyl (C=O) groups excluding carboxylic acids is 1. The van der Waals surface area contributed by atoms with E-state index in [-0.39, 0.29) is 24.9 Å². The number of hydrogen-bond acceptors (Lipinski definition) is 4. The molecule has 0 spiro atoms. The molecular formula is C14H21ClF2N2O3. The molecule has 0 heterocycles. The number of hydrogen-bond donors (Lipinski definition) is 2. The van der Waals surface area contributed by atoms with Gasteiger partial charge in [0, 0.05) is 20.2 Å². The van der Waals surface area contributed by atoms with Gasteiger partial charge in [0.15, 0.2) is 0 Å². The van der Waals surface area contributed by atoms with Crippen molar-refractivity contribution in [2.45, 2.75) is 13.0 Å². The Labute approximate surface area is 134 Å². The first-order valence-corrected chi connectivity index (χ1v) is 6.58. The topological polar surface area (TPSA) is 59.6 Å². The zero-order valence-corrected chi connectivity index (χ0v) is 13.1. The lowest BCUT2D eigenvalue weighted by atomic mass is 10.2. The first-order valence-electron chi connectivity index (χ1n) is 6.58. The molecule has 0 aromatic heterocycles. The maximum Gasteiger partial charge on any atom is 0.272 e. The molecular weight excluding hydrogens is 318 g/mol. The number of methoxy groups -OCH3 is 1. The van der Waals surface area contributed by atoms with Crippen LogP contribution in [0.1, 0.15) is 5.56 Å². The Morgan fingerprint density at radius 2 is 2.14 bits per heavy atom. The standard InChI is InChI=1S/C14H20F2N2O3.ClH/c1-20-6-5-17-9-14(19)18-8-11-3-2-4-12(7-11)21-10-13(15)16;/h2-4,7,13,17H,5-6,8-10H2,1H3,(H,18,19);1H. The Balaban J connectivity index is 0.00000441. The van der Waals surface area contributed by atoms with Crippen LogP contribution in [-0.4, -0.2) is 45.7 Å². The Morgan fingerprint density at radius 3 is 2.82 bits per heavy atom. The van der Waals surface area contributed by atoms with Crippen molar-refractivity contribution in [1.29, 1.82) is 0 Å². The van der Waals surface area contributed by atoms with Crippen LogP contribution in [0.15, 0.2) is 24.3 Å². The molecule has 1 aromatic carbocycles. The van der Waals surface area contributed by atoms with Crippen LogP contribution in [-0.2, 0) is 16.1 Å². The number of halogens is 3. The van der Waals surface area contributed by atoms with Crippen LogP contribution < -0.4 is 15.4 Å². The fourth-order valence-electron chi connectivity index (χ4n) is 1.54. The highest BCUT2D eigenvalue weighted by atomic mass is 35.5. The van der Waals surface area contributed by atoms with Crippen molar-refractivity contribution < 1.29 is 23.0 Å². The minimum absolute atomic E-state index is 0. The van der Waals surface area contributed by atoms with E-state index in [4.69, 9.17) is 9.47 Å². The van der Waals surface area contributed by atoms with Gasteiger partial charge in [0.25, 0.3) is 6.43 Å². The minimum atomic E-state index is -2.51. The van der Waals surface area contributed by atoms with E-state index in [1.165, 1.54) is 0 Å². The summed E-state index contributed by atoms with van der Waals surface area (Å²) < 4.78 is 33.9. The molecule has 0 aliphatic rings. The summed E-state index contributed by atoms with van der Waals surface area (Å²) in [6.07, 6.45) is -2.51.